The van der Waals surface area contributed by atoms with Gasteiger partial charge < -0.3 is 10.1 Å². The van der Waals surface area contributed by atoms with Gasteiger partial charge in [-0.15, -0.1) is 0 Å². The fourth-order valence-corrected chi connectivity index (χ4v) is 1.01. The topological polar surface area (TPSA) is 51.2 Å². The van der Waals surface area contributed by atoms with E-state index in [0.29, 0.717) is 10.9 Å². The Morgan fingerprint density at radius 2 is 2.31 bits per heavy atom. The molecule has 0 saturated carbocycles. The minimum absolute atomic E-state index is 0.170. The normalized spacial score (nSPS) is 9.46. The molecule has 0 unspecified atom stereocenters. The predicted molar refractivity (Wildman–Crippen MR) is 49.2 cm³/mol. The Balaban J connectivity index is 3.11. The Bertz CT molecular complexity index is 328. The van der Waals surface area contributed by atoms with Gasteiger partial charge in [-0.25, -0.2) is 4.98 Å². The second kappa shape index (κ2) is 4.09. The van der Waals surface area contributed by atoms with Crippen molar-refractivity contribution in [2.45, 2.75) is 0 Å². The minimum Gasteiger partial charge on any atom is -0.481 e. The number of amides is 1. The number of halogens is 1. The van der Waals surface area contributed by atoms with Gasteiger partial charge >= 0.3 is 0 Å². The molecule has 4 nitrogen and oxygen atoms in total. The van der Waals surface area contributed by atoms with E-state index in [2.05, 4.69) is 10.3 Å². The number of aromatic nitrogens is 1. The first-order valence-corrected chi connectivity index (χ1v) is 3.99. The molecule has 0 radical (unpaired) electrons. The third-order valence-corrected chi connectivity index (χ3v) is 1.78. The van der Waals surface area contributed by atoms with E-state index < -0.39 is 0 Å². The maximum atomic E-state index is 11.2. The van der Waals surface area contributed by atoms with Crippen LogP contribution in [-0.2, 0) is 0 Å². The number of ether oxygens (including phenoxy) is 1. The zero-order valence-corrected chi connectivity index (χ0v) is 8.05. The highest BCUT2D eigenvalue weighted by Crippen LogP contribution is 2.17. The molecular formula is C8H9ClN2O2. The van der Waals surface area contributed by atoms with Crippen LogP contribution in [0.2, 0.25) is 5.02 Å². The summed E-state index contributed by atoms with van der Waals surface area (Å²) in [5.74, 6) is 0.0342. The Hall–Kier alpha value is -1.29. The molecule has 1 heterocycles. The van der Waals surface area contributed by atoms with Crippen molar-refractivity contribution < 1.29 is 9.53 Å². The molecule has 0 fully saturated rings. The summed E-state index contributed by atoms with van der Waals surface area (Å²) >= 11 is 5.75. The fraction of sp³-hybridized carbons (Fsp3) is 0.250. The van der Waals surface area contributed by atoms with Crippen molar-refractivity contribution in [1.29, 1.82) is 0 Å². The molecule has 70 valence electrons. The lowest BCUT2D eigenvalue weighted by atomic mass is 10.3. The van der Waals surface area contributed by atoms with Crippen LogP contribution in [-0.4, -0.2) is 25.0 Å². The summed E-state index contributed by atoms with van der Waals surface area (Å²) in [4.78, 5) is 15.1. The van der Waals surface area contributed by atoms with E-state index in [0.717, 1.165) is 0 Å². The molecule has 1 aromatic rings. The fourth-order valence-electron chi connectivity index (χ4n) is 0.816. The first-order chi connectivity index (χ1) is 6.19. The number of nitrogens with one attached hydrogen (secondary N) is 1. The van der Waals surface area contributed by atoms with Gasteiger partial charge in [-0.3, -0.25) is 4.79 Å². The van der Waals surface area contributed by atoms with Gasteiger partial charge in [-0.2, -0.15) is 0 Å². The monoisotopic (exact) mass is 200 g/mol. The molecule has 0 aliphatic carbocycles. The standard InChI is InChI=1S/C8H9ClN2O2/c1-10-8(12)7-5(9)3-4-6(11-7)13-2/h3-4H,1-2H3,(H,10,12). The zero-order chi connectivity index (χ0) is 9.84. The van der Waals surface area contributed by atoms with Gasteiger partial charge in [0.15, 0.2) is 5.69 Å². The average Bonchev–Trinajstić information content (AvgIpc) is 2.17. The maximum absolute atomic E-state index is 11.2. The smallest absolute Gasteiger partial charge is 0.271 e. The average molecular weight is 201 g/mol. The quantitative estimate of drug-likeness (QED) is 0.778. The van der Waals surface area contributed by atoms with Crippen LogP contribution in [0.15, 0.2) is 12.1 Å². The second-order valence-corrected chi connectivity index (χ2v) is 2.67. The van der Waals surface area contributed by atoms with Crippen molar-refractivity contribution in [3.05, 3.63) is 22.8 Å². The number of rotatable bonds is 2. The second-order valence-electron chi connectivity index (χ2n) is 2.26. The minimum atomic E-state index is -0.330. The molecule has 0 aliphatic heterocycles. The van der Waals surface area contributed by atoms with Crippen molar-refractivity contribution in [3.8, 4) is 5.88 Å². The highest BCUT2D eigenvalue weighted by Gasteiger charge is 2.11. The number of hydrogen-bond acceptors (Lipinski definition) is 3. The van der Waals surface area contributed by atoms with Crippen molar-refractivity contribution in [2.24, 2.45) is 0 Å². The predicted octanol–water partition coefficient (Wildman–Crippen LogP) is 1.10. The number of methoxy groups -OCH3 is 1. The molecule has 0 aliphatic rings. The van der Waals surface area contributed by atoms with Crippen molar-refractivity contribution in [3.63, 3.8) is 0 Å². The lowest BCUT2D eigenvalue weighted by Crippen LogP contribution is -2.19. The largest absolute Gasteiger partial charge is 0.481 e. The molecule has 0 atom stereocenters. The third kappa shape index (κ3) is 2.09. The van der Waals surface area contributed by atoms with Gasteiger partial charge in [-0.1, -0.05) is 11.6 Å². The maximum Gasteiger partial charge on any atom is 0.271 e. The number of carbonyl (C=O) groups is 1. The molecule has 0 saturated heterocycles. The molecule has 0 bridgehead atoms. The van der Waals surface area contributed by atoms with E-state index in [9.17, 15) is 4.79 Å². The number of nitrogens with zero attached hydrogens (tertiary/aromatic N) is 1. The summed E-state index contributed by atoms with van der Waals surface area (Å²) in [6, 6.07) is 3.16. The molecule has 1 aromatic heterocycles. The van der Waals surface area contributed by atoms with Crippen LogP contribution in [0.4, 0.5) is 0 Å². The van der Waals surface area contributed by atoms with E-state index in [-0.39, 0.29) is 11.6 Å². The van der Waals surface area contributed by atoms with Crippen LogP contribution in [0.25, 0.3) is 0 Å². The Labute approximate surface area is 80.9 Å². The number of pyridine rings is 1. The lowest BCUT2D eigenvalue weighted by molar-refractivity contribution is 0.0957. The molecule has 13 heavy (non-hydrogen) atoms. The van der Waals surface area contributed by atoms with Gasteiger partial charge in [0.2, 0.25) is 5.88 Å². The Morgan fingerprint density at radius 3 is 2.85 bits per heavy atom. The van der Waals surface area contributed by atoms with Gasteiger partial charge in [0, 0.05) is 13.1 Å². The van der Waals surface area contributed by atoms with E-state index in [1.165, 1.54) is 14.2 Å². The summed E-state index contributed by atoms with van der Waals surface area (Å²) in [5, 5.41) is 2.74. The number of carbonyl (C=O) groups excluding carboxylic acids is 1. The molecule has 1 N–H and O–H groups in total. The molecule has 1 rings (SSSR count). The van der Waals surface area contributed by atoms with Gasteiger partial charge in [-0.05, 0) is 6.07 Å². The molecular weight excluding hydrogens is 192 g/mol. The van der Waals surface area contributed by atoms with Gasteiger partial charge in [0.05, 0.1) is 12.1 Å². The van der Waals surface area contributed by atoms with E-state index >= 15 is 0 Å². The van der Waals surface area contributed by atoms with Crippen molar-refractivity contribution >= 4 is 17.5 Å². The molecule has 1 amide bonds. The summed E-state index contributed by atoms with van der Waals surface area (Å²) in [5.41, 5.74) is 0.170. The Morgan fingerprint density at radius 1 is 1.62 bits per heavy atom. The third-order valence-electron chi connectivity index (χ3n) is 1.47. The summed E-state index contributed by atoms with van der Waals surface area (Å²) < 4.78 is 4.85. The first-order valence-electron chi connectivity index (χ1n) is 3.61. The summed E-state index contributed by atoms with van der Waals surface area (Å²) in [6.45, 7) is 0. The molecule has 0 aromatic carbocycles. The summed E-state index contributed by atoms with van der Waals surface area (Å²) in [7, 11) is 2.99. The van der Waals surface area contributed by atoms with E-state index in [4.69, 9.17) is 16.3 Å². The van der Waals surface area contributed by atoms with E-state index in [1.807, 2.05) is 0 Å². The number of hydrogen-bond donors (Lipinski definition) is 1. The highest BCUT2D eigenvalue weighted by atomic mass is 35.5. The van der Waals surface area contributed by atoms with Crippen LogP contribution < -0.4 is 10.1 Å². The van der Waals surface area contributed by atoms with Crippen LogP contribution in [0.3, 0.4) is 0 Å². The highest BCUT2D eigenvalue weighted by molar-refractivity contribution is 6.33. The van der Waals surface area contributed by atoms with E-state index in [1.54, 1.807) is 12.1 Å². The molecule has 0 spiro atoms. The summed E-state index contributed by atoms with van der Waals surface area (Å²) in [6.07, 6.45) is 0. The van der Waals surface area contributed by atoms with Crippen molar-refractivity contribution in [1.82, 2.24) is 10.3 Å². The van der Waals surface area contributed by atoms with Gasteiger partial charge in [0.1, 0.15) is 0 Å². The first kappa shape index (κ1) is 9.80. The molecule has 5 heteroatoms. The Kier molecular flexibility index (Phi) is 3.08. The SMILES string of the molecule is CNC(=O)c1nc(OC)ccc1Cl. The van der Waals surface area contributed by atoms with Crippen LogP contribution in [0, 0.1) is 0 Å². The van der Waals surface area contributed by atoms with Crippen LogP contribution in [0.5, 0.6) is 5.88 Å². The zero-order valence-electron chi connectivity index (χ0n) is 7.30. The van der Waals surface area contributed by atoms with Crippen molar-refractivity contribution in [2.75, 3.05) is 14.2 Å². The lowest BCUT2D eigenvalue weighted by Gasteiger charge is -2.03. The van der Waals surface area contributed by atoms with Crippen LogP contribution in [0.1, 0.15) is 10.5 Å². The van der Waals surface area contributed by atoms with Gasteiger partial charge in [0.25, 0.3) is 5.91 Å². The van der Waals surface area contributed by atoms with Crippen LogP contribution >= 0.6 is 11.6 Å².